The summed E-state index contributed by atoms with van der Waals surface area (Å²) in [6.07, 6.45) is 0. The molecule has 0 heterocycles. The zero-order valence-corrected chi connectivity index (χ0v) is 24.0. The molecule has 0 N–H and O–H groups in total. The summed E-state index contributed by atoms with van der Waals surface area (Å²) in [4.78, 5) is 24.6. The molecule has 0 amide bonds. The van der Waals surface area contributed by atoms with Crippen molar-refractivity contribution in [3.05, 3.63) is 149 Å². The molecule has 0 bridgehead atoms. The Morgan fingerprint density at radius 1 is 0.381 bits per heavy atom. The van der Waals surface area contributed by atoms with Crippen molar-refractivity contribution in [1.29, 1.82) is 0 Å². The van der Waals surface area contributed by atoms with Gasteiger partial charge in [-0.2, -0.15) is 0 Å². The molecule has 0 fully saturated rings. The number of rotatable bonds is 9. The van der Waals surface area contributed by atoms with Crippen LogP contribution in [0.4, 0.5) is 0 Å². The van der Waals surface area contributed by atoms with E-state index in [1.165, 1.54) is 5.56 Å². The lowest BCUT2D eigenvalue weighted by atomic mass is 10.0. The standard InChI is InChI=1S/C21H18O3.C15H14O3/c1-15-3-9-19(10-4-15)24-20-13-7-17(8-14-20)21(22)16-5-11-18(23-2)12-6-16;1-17-13-7-3-11(4-8-13)15(16)12-5-9-14(18-2)10-6-12/h3-14H,1-2H3;3-10H,1-2H3. The highest BCUT2D eigenvalue weighted by Crippen LogP contribution is 2.23. The predicted molar refractivity (Wildman–Crippen MR) is 164 cm³/mol. The molecule has 0 saturated carbocycles. The second-order valence-electron chi connectivity index (χ2n) is 9.28. The topological polar surface area (TPSA) is 71.1 Å². The van der Waals surface area contributed by atoms with E-state index >= 15 is 0 Å². The molecule has 0 saturated heterocycles. The molecule has 212 valence electrons. The Kier molecular flexibility index (Phi) is 10.1. The summed E-state index contributed by atoms with van der Waals surface area (Å²) in [5.41, 5.74) is 3.71. The van der Waals surface area contributed by atoms with Gasteiger partial charge in [-0.3, -0.25) is 9.59 Å². The van der Waals surface area contributed by atoms with Crippen LogP contribution in [0.15, 0.2) is 121 Å². The summed E-state index contributed by atoms with van der Waals surface area (Å²) in [7, 11) is 4.80. The maximum Gasteiger partial charge on any atom is 0.193 e. The molecular weight excluding hydrogens is 528 g/mol. The third-order valence-corrected chi connectivity index (χ3v) is 6.43. The number of carbonyl (C=O) groups excluding carboxylic acids is 2. The van der Waals surface area contributed by atoms with Gasteiger partial charge in [0.1, 0.15) is 28.7 Å². The van der Waals surface area contributed by atoms with Crippen LogP contribution in [0.25, 0.3) is 0 Å². The van der Waals surface area contributed by atoms with E-state index in [2.05, 4.69) is 0 Å². The number of hydrogen-bond acceptors (Lipinski definition) is 6. The van der Waals surface area contributed by atoms with Gasteiger partial charge in [0.25, 0.3) is 0 Å². The Hall–Kier alpha value is -5.36. The number of carbonyl (C=O) groups is 2. The van der Waals surface area contributed by atoms with E-state index in [4.69, 9.17) is 18.9 Å². The molecule has 42 heavy (non-hydrogen) atoms. The SMILES string of the molecule is COc1ccc(C(=O)c2ccc(OC)cc2)cc1.COc1ccc(C(=O)c2ccc(Oc3ccc(C)cc3)cc2)cc1. The fourth-order valence-corrected chi connectivity index (χ4v) is 3.98. The Labute approximate surface area is 246 Å². The molecule has 0 unspecified atom stereocenters. The summed E-state index contributed by atoms with van der Waals surface area (Å²) >= 11 is 0. The number of benzene rings is 5. The van der Waals surface area contributed by atoms with Crippen LogP contribution < -0.4 is 18.9 Å². The predicted octanol–water partition coefficient (Wildman–Crippen LogP) is 7.96. The smallest absolute Gasteiger partial charge is 0.193 e. The van der Waals surface area contributed by atoms with Gasteiger partial charge in [0.2, 0.25) is 0 Å². The van der Waals surface area contributed by atoms with Crippen LogP contribution in [-0.2, 0) is 0 Å². The van der Waals surface area contributed by atoms with Crippen LogP contribution in [-0.4, -0.2) is 32.9 Å². The lowest BCUT2D eigenvalue weighted by Gasteiger charge is -2.07. The Balaban J connectivity index is 0.000000201. The summed E-state index contributed by atoms with van der Waals surface area (Å²) in [5.74, 6) is 3.63. The molecule has 5 aromatic carbocycles. The third kappa shape index (κ3) is 7.86. The molecule has 0 aromatic heterocycles. The normalized spacial score (nSPS) is 10.1. The molecule has 0 radical (unpaired) electrons. The Morgan fingerprint density at radius 2 is 0.619 bits per heavy atom. The molecule has 0 aliphatic carbocycles. The van der Waals surface area contributed by atoms with Crippen LogP contribution in [0.3, 0.4) is 0 Å². The van der Waals surface area contributed by atoms with Crippen molar-refractivity contribution in [3.63, 3.8) is 0 Å². The van der Waals surface area contributed by atoms with E-state index in [1.807, 2.05) is 31.2 Å². The second kappa shape index (κ2) is 14.3. The van der Waals surface area contributed by atoms with Crippen molar-refractivity contribution >= 4 is 11.6 Å². The molecule has 5 rings (SSSR count). The molecule has 0 aliphatic rings. The van der Waals surface area contributed by atoms with E-state index in [0.29, 0.717) is 28.0 Å². The summed E-state index contributed by atoms with van der Waals surface area (Å²) in [6, 6.07) is 36.2. The largest absolute Gasteiger partial charge is 0.497 e. The van der Waals surface area contributed by atoms with Crippen molar-refractivity contribution in [2.75, 3.05) is 21.3 Å². The van der Waals surface area contributed by atoms with Crippen LogP contribution in [0, 0.1) is 6.92 Å². The van der Waals surface area contributed by atoms with E-state index < -0.39 is 0 Å². The van der Waals surface area contributed by atoms with Gasteiger partial charge in [0, 0.05) is 22.3 Å². The zero-order chi connectivity index (χ0) is 29.9. The van der Waals surface area contributed by atoms with Crippen LogP contribution in [0.5, 0.6) is 28.7 Å². The quantitative estimate of drug-likeness (QED) is 0.170. The number of ether oxygens (including phenoxy) is 4. The van der Waals surface area contributed by atoms with Crippen molar-refractivity contribution < 1.29 is 28.5 Å². The molecule has 0 aliphatic heterocycles. The number of aryl methyl sites for hydroxylation is 1. The van der Waals surface area contributed by atoms with Gasteiger partial charge in [0.05, 0.1) is 21.3 Å². The lowest BCUT2D eigenvalue weighted by molar-refractivity contribution is 0.103. The fourth-order valence-electron chi connectivity index (χ4n) is 3.98. The van der Waals surface area contributed by atoms with Gasteiger partial charge in [0.15, 0.2) is 11.6 Å². The highest BCUT2D eigenvalue weighted by molar-refractivity contribution is 6.09. The molecule has 5 aromatic rings. The first-order chi connectivity index (χ1) is 20.4. The van der Waals surface area contributed by atoms with Gasteiger partial charge >= 0.3 is 0 Å². The first-order valence-electron chi connectivity index (χ1n) is 13.3. The van der Waals surface area contributed by atoms with Crippen molar-refractivity contribution in [3.8, 4) is 28.7 Å². The maximum atomic E-state index is 12.5. The maximum absolute atomic E-state index is 12.5. The summed E-state index contributed by atoms with van der Waals surface area (Å²) in [5, 5.41) is 0. The molecule has 6 heteroatoms. The highest BCUT2D eigenvalue weighted by atomic mass is 16.5. The zero-order valence-electron chi connectivity index (χ0n) is 24.0. The van der Waals surface area contributed by atoms with Gasteiger partial charge in [-0.25, -0.2) is 0 Å². The third-order valence-electron chi connectivity index (χ3n) is 6.43. The minimum absolute atomic E-state index is 0.0136. The van der Waals surface area contributed by atoms with Crippen molar-refractivity contribution in [1.82, 2.24) is 0 Å². The summed E-state index contributed by atoms with van der Waals surface area (Å²) < 4.78 is 21.0. The number of methoxy groups -OCH3 is 3. The summed E-state index contributed by atoms with van der Waals surface area (Å²) in [6.45, 7) is 2.03. The molecular formula is C36H32O6. The van der Waals surface area contributed by atoms with Crippen LogP contribution >= 0.6 is 0 Å². The molecule has 0 atom stereocenters. The minimum Gasteiger partial charge on any atom is -0.497 e. The average Bonchev–Trinajstić information content (AvgIpc) is 3.06. The van der Waals surface area contributed by atoms with Gasteiger partial charge in [-0.05, 0) is 116 Å². The van der Waals surface area contributed by atoms with E-state index in [1.54, 1.807) is 118 Å². The Morgan fingerprint density at radius 3 is 0.881 bits per heavy atom. The van der Waals surface area contributed by atoms with E-state index in [9.17, 15) is 9.59 Å². The van der Waals surface area contributed by atoms with Crippen molar-refractivity contribution in [2.45, 2.75) is 6.92 Å². The average molecular weight is 561 g/mol. The number of ketones is 2. The Bertz CT molecular complexity index is 1540. The van der Waals surface area contributed by atoms with Gasteiger partial charge in [-0.1, -0.05) is 17.7 Å². The van der Waals surface area contributed by atoms with Crippen LogP contribution in [0.1, 0.15) is 37.4 Å². The van der Waals surface area contributed by atoms with Crippen molar-refractivity contribution in [2.24, 2.45) is 0 Å². The second-order valence-corrected chi connectivity index (χ2v) is 9.28. The van der Waals surface area contributed by atoms with Crippen LogP contribution in [0.2, 0.25) is 0 Å². The van der Waals surface area contributed by atoms with E-state index in [0.717, 1.165) is 23.0 Å². The van der Waals surface area contributed by atoms with E-state index in [-0.39, 0.29) is 11.6 Å². The minimum atomic E-state index is -0.0282. The monoisotopic (exact) mass is 560 g/mol. The highest BCUT2D eigenvalue weighted by Gasteiger charge is 2.10. The molecule has 0 spiro atoms. The molecule has 6 nitrogen and oxygen atoms in total. The van der Waals surface area contributed by atoms with Gasteiger partial charge in [-0.15, -0.1) is 0 Å². The first-order valence-corrected chi connectivity index (χ1v) is 13.3. The van der Waals surface area contributed by atoms with Gasteiger partial charge < -0.3 is 18.9 Å². The number of hydrogen-bond donors (Lipinski definition) is 0. The lowest BCUT2D eigenvalue weighted by Crippen LogP contribution is -2.01. The fraction of sp³-hybridized carbons (Fsp3) is 0.111. The first kappa shape index (κ1) is 29.6.